The number of amides is 2. The van der Waals surface area contributed by atoms with E-state index in [0.29, 0.717) is 11.6 Å². The van der Waals surface area contributed by atoms with Crippen LogP contribution in [0.5, 0.6) is 0 Å². The molecule has 0 fully saturated rings. The van der Waals surface area contributed by atoms with Gasteiger partial charge >= 0.3 is 0 Å². The molecule has 0 saturated carbocycles. The summed E-state index contributed by atoms with van der Waals surface area (Å²) in [6.45, 7) is 6.01. The Balaban J connectivity index is 2.14. The summed E-state index contributed by atoms with van der Waals surface area (Å²) in [6, 6.07) is 13.3. The minimum atomic E-state index is -0.192. The fraction of sp³-hybridized carbons (Fsp3) is 0.333. The third-order valence-electron chi connectivity index (χ3n) is 4.32. The molecule has 0 radical (unpaired) electrons. The lowest BCUT2D eigenvalue weighted by Gasteiger charge is -2.26. The number of carbonyl (C=O) groups is 2. The molecule has 2 aromatic carbocycles. The van der Waals surface area contributed by atoms with E-state index in [9.17, 15) is 9.59 Å². The Morgan fingerprint density at radius 2 is 1.58 bits per heavy atom. The van der Waals surface area contributed by atoms with E-state index in [1.807, 2.05) is 30.3 Å². The number of hydrogen-bond acceptors (Lipinski definition) is 2. The molecule has 1 N–H and O–H groups in total. The minimum absolute atomic E-state index is 0.00688. The van der Waals surface area contributed by atoms with Gasteiger partial charge in [-0.25, -0.2) is 0 Å². The van der Waals surface area contributed by atoms with E-state index in [4.69, 9.17) is 11.6 Å². The second-order valence-corrected chi connectivity index (χ2v) is 6.58. The van der Waals surface area contributed by atoms with Gasteiger partial charge in [-0.1, -0.05) is 55.8 Å². The van der Waals surface area contributed by atoms with Crippen molar-refractivity contribution in [2.24, 2.45) is 0 Å². The number of anilines is 1. The Hall–Kier alpha value is -2.33. The number of benzene rings is 2. The number of aryl methyl sites for hydroxylation is 2. The van der Waals surface area contributed by atoms with Crippen molar-refractivity contribution in [1.82, 2.24) is 5.32 Å². The highest BCUT2D eigenvalue weighted by atomic mass is 35.5. The number of rotatable bonds is 7. The Morgan fingerprint density at radius 1 is 1.00 bits per heavy atom. The van der Waals surface area contributed by atoms with Crippen LogP contribution in [0.15, 0.2) is 42.5 Å². The van der Waals surface area contributed by atoms with Gasteiger partial charge in [0.1, 0.15) is 6.54 Å². The van der Waals surface area contributed by atoms with Crippen LogP contribution in [0, 0.1) is 0 Å². The third kappa shape index (κ3) is 5.09. The topological polar surface area (TPSA) is 49.4 Å². The van der Waals surface area contributed by atoms with Crippen molar-refractivity contribution in [2.75, 3.05) is 11.4 Å². The van der Waals surface area contributed by atoms with Crippen LogP contribution < -0.4 is 10.2 Å². The predicted molar refractivity (Wildman–Crippen MR) is 107 cm³/mol. The Bertz CT molecular complexity index is 750. The van der Waals surface area contributed by atoms with Gasteiger partial charge in [0.25, 0.3) is 0 Å². The van der Waals surface area contributed by atoms with Crippen LogP contribution in [0.3, 0.4) is 0 Å². The molecule has 0 atom stereocenters. The number of nitrogens with zero attached hydrogens (tertiary/aromatic N) is 1. The highest BCUT2D eigenvalue weighted by Gasteiger charge is 2.20. The van der Waals surface area contributed by atoms with E-state index in [1.165, 1.54) is 6.92 Å². The van der Waals surface area contributed by atoms with Gasteiger partial charge in [0.05, 0.1) is 5.69 Å². The number of carbonyl (C=O) groups excluding carboxylic acids is 2. The highest BCUT2D eigenvalue weighted by molar-refractivity contribution is 6.30. The van der Waals surface area contributed by atoms with Crippen LogP contribution in [-0.4, -0.2) is 18.4 Å². The van der Waals surface area contributed by atoms with Gasteiger partial charge in [-0.15, -0.1) is 0 Å². The van der Waals surface area contributed by atoms with Crippen molar-refractivity contribution >= 4 is 29.1 Å². The molecule has 0 saturated heterocycles. The lowest BCUT2D eigenvalue weighted by molar-refractivity contribution is -0.123. The molecule has 0 aliphatic carbocycles. The normalized spacial score (nSPS) is 10.5. The first-order valence-electron chi connectivity index (χ1n) is 8.86. The van der Waals surface area contributed by atoms with Crippen LogP contribution >= 0.6 is 11.6 Å². The second kappa shape index (κ2) is 9.39. The average molecular weight is 373 g/mol. The maximum atomic E-state index is 12.4. The molecule has 0 heterocycles. The molecule has 0 unspecified atom stereocenters. The van der Waals surface area contributed by atoms with Crippen LogP contribution in [0.4, 0.5) is 5.69 Å². The smallest absolute Gasteiger partial charge is 0.240 e. The van der Waals surface area contributed by atoms with Crippen LogP contribution in [0.2, 0.25) is 5.02 Å². The van der Waals surface area contributed by atoms with Crippen LogP contribution in [-0.2, 0) is 29.0 Å². The van der Waals surface area contributed by atoms with Gasteiger partial charge < -0.3 is 10.2 Å². The first-order valence-corrected chi connectivity index (χ1v) is 9.24. The molecule has 26 heavy (non-hydrogen) atoms. The monoisotopic (exact) mass is 372 g/mol. The lowest BCUT2D eigenvalue weighted by atomic mass is 10.0. The number of hydrogen-bond donors (Lipinski definition) is 1. The standard InChI is InChI=1S/C21H25ClN2O2/c1-4-17-7-6-8-18(5-2)21(17)24(15(3)25)14-20(26)23-13-16-9-11-19(22)12-10-16/h6-12H,4-5,13-14H2,1-3H3,(H,23,26). The molecule has 0 aliphatic rings. The summed E-state index contributed by atoms with van der Waals surface area (Å²) >= 11 is 5.87. The van der Waals surface area contributed by atoms with Crippen LogP contribution in [0.1, 0.15) is 37.5 Å². The highest BCUT2D eigenvalue weighted by Crippen LogP contribution is 2.27. The second-order valence-electron chi connectivity index (χ2n) is 6.14. The predicted octanol–water partition coefficient (Wildman–Crippen LogP) is 4.13. The van der Waals surface area contributed by atoms with Gasteiger partial charge in [0.2, 0.25) is 11.8 Å². The molecule has 0 bridgehead atoms. The first kappa shape index (κ1) is 20.0. The average Bonchev–Trinajstić information content (AvgIpc) is 2.64. The summed E-state index contributed by atoms with van der Waals surface area (Å²) in [5.41, 5.74) is 3.97. The maximum absolute atomic E-state index is 12.4. The fourth-order valence-corrected chi connectivity index (χ4v) is 3.04. The first-order chi connectivity index (χ1) is 12.5. The van der Waals surface area contributed by atoms with Crippen molar-refractivity contribution in [3.05, 3.63) is 64.2 Å². The lowest BCUT2D eigenvalue weighted by Crippen LogP contribution is -2.40. The quantitative estimate of drug-likeness (QED) is 0.794. The summed E-state index contributed by atoms with van der Waals surface area (Å²) in [7, 11) is 0. The van der Waals surface area contributed by atoms with Gasteiger partial charge in [-0.05, 0) is 41.7 Å². The molecule has 0 aliphatic heterocycles. The van der Waals surface area contributed by atoms with Gasteiger partial charge in [-0.2, -0.15) is 0 Å². The number of halogens is 1. The molecule has 138 valence electrons. The zero-order valence-electron chi connectivity index (χ0n) is 15.5. The van der Waals surface area contributed by atoms with E-state index >= 15 is 0 Å². The van der Waals surface area contributed by atoms with Crippen molar-refractivity contribution < 1.29 is 9.59 Å². The summed E-state index contributed by atoms with van der Waals surface area (Å²) in [5, 5.41) is 3.53. The summed E-state index contributed by atoms with van der Waals surface area (Å²) in [6.07, 6.45) is 1.61. The van der Waals surface area contributed by atoms with Crippen molar-refractivity contribution in [3.63, 3.8) is 0 Å². The maximum Gasteiger partial charge on any atom is 0.240 e. The van der Waals surface area contributed by atoms with E-state index in [0.717, 1.165) is 35.2 Å². The van der Waals surface area contributed by atoms with Crippen molar-refractivity contribution in [1.29, 1.82) is 0 Å². The molecule has 0 spiro atoms. The molecule has 0 aromatic heterocycles. The van der Waals surface area contributed by atoms with Gasteiger partial charge in [-0.3, -0.25) is 9.59 Å². The van der Waals surface area contributed by atoms with Gasteiger partial charge in [0.15, 0.2) is 0 Å². The zero-order valence-corrected chi connectivity index (χ0v) is 16.3. The Labute approximate surface area is 160 Å². The van der Waals surface area contributed by atoms with E-state index in [2.05, 4.69) is 19.2 Å². The molecule has 2 rings (SSSR count). The SMILES string of the molecule is CCc1cccc(CC)c1N(CC(=O)NCc1ccc(Cl)cc1)C(C)=O. The van der Waals surface area contributed by atoms with E-state index in [1.54, 1.807) is 17.0 Å². The van der Waals surface area contributed by atoms with Gasteiger partial charge in [0, 0.05) is 18.5 Å². The molecule has 2 aromatic rings. The van der Waals surface area contributed by atoms with E-state index < -0.39 is 0 Å². The molecular formula is C21H25ClN2O2. The molecule has 5 heteroatoms. The zero-order chi connectivity index (χ0) is 19.1. The third-order valence-corrected chi connectivity index (χ3v) is 4.57. The number of para-hydroxylation sites is 1. The fourth-order valence-electron chi connectivity index (χ4n) is 2.91. The number of nitrogens with one attached hydrogen (secondary N) is 1. The van der Waals surface area contributed by atoms with Crippen LogP contribution in [0.25, 0.3) is 0 Å². The summed E-state index contributed by atoms with van der Waals surface area (Å²) in [4.78, 5) is 26.3. The van der Waals surface area contributed by atoms with Crippen molar-refractivity contribution in [3.8, 4) is 0 Å². The Morgan fingerprint density at radius 3 is 2.08 bits per heavy atom. The summed E-state index contributed by atoms with van der Waals surface area (Å²) < 4.78 is 0. The van der Waals surface area contributed by atoms with E-state index in [-0.39, 0.29) is 18.4 Å². The largest absolute Gasteiger partial charge is 0.350 e. The minimum Gasteiger partial charge on any atom is -0.350 e. The molecule has 2 amide bonds. The Kier molecular flexibility index (Phi) is 7.22. The molecular weight excluding hydrogens is 348 g/mol. The summed E-state index contributed by atoms with van der Waals surface area (Å²) in [5.74, 6) is -0.328. The van der Waals surface area contributed by atoms with Crippen molar-refractivity contribution in [2.45, 2.75) is 40.2 Å². The molecule has 4 nitrogen and oxygen atoms in total.